The molecule has 150 valence electrons. The van der Waals surface area contributed by atoms with E-state index in [-0.39, 0.29) is 35.9 Å². The molecule has 0 bridgehead atoms. The number of hydrogen-bond donors (Lipinski definition) is 2. The van der Waals surface area contributed by atoms with Gasteiger partial charge >= 0.3 is 0 Å². The topological polar surface area (TPSA) is 63.5 Å². The van der Waals surface area contributed by atoms with Crippen LogP contribution >= 0.6 is 24.0 Å². The second kappa shape index (κ2) is 11.8. The van der Waals surface area contributed by atoms with Gasteiger partial charge in [0, 0.05) is 25.8 Å². The molecule has 8 heteroatoms. The number of benzene rings is 1. The maximum atomic E-state index is 12.9. The van der Waals surface area contributed by atoms with E-state index in [0.29, 0.717) is 12.3 Å². The number of halogens is 2. The Hall–Kier alpha value is -1.84. The lowest BCUT2D eigenvalue weighted by Crippen LogP contribution is -2.42. The van der Waals surface area contributed by atoms with Gasteiger partial charge in [0.2, 0.25) is 0 Å². The van der Waals surface area contributed by atoms with Gasteiger partial charge in [0.25, 0.3) is 0 Å². The normalized spacial score (nSPS) is 12.3. The van der Waals surface area contributed by atoms with Crippen LogP contribution in [0.5, 0.6) is 5.75 Å². The van der Waals surface area contributed by atoms with Gasteiger partial charge in [-0.05, 0) is 57.5 Å². The summed E-state index contributed by atoms with van der Waals surface area (Å²) in [4.78, 5) is 4.21. The molecule has 1 unspecified atom stereocenters. The maximum absolute atomic E-state index is 12.9. The molecule has 1 atom stereocenters. The Morgan fingerprint density at radius 1 is 1.26 bits per heavy atom. The Kier molecular flexibility index (Phi) is 10.1. The quantitative estimate of drug-likeness (QED) is 0.259. The van der Waals surface area contributed by atoms with Gasteiger partial charge in [0.05, 0.1) is 12.2 Å². The van der Waals surface area contributed by atoms with Crippen molar-refractivity contribution in [3.8, 4) is 5.75 Å². The second-order valence-corrected chi connectivity index (χ2v) is 6.27. The minimum Gasteiger partial charge on any atom is -0.489 e. The van der Waals surface area contributed by atoms with E-state index in [2.05, 4.69) is 33.7 Å². The summed E-state index contributed by atoms with van der Waals surface area (Å²) in [5.41, 5.74) is 2.22. The molecule has 0 aliphatic carbocycles. The molecular weight excluding hydrogens is 460 g/mol. The Bertz CT molecular complexity index is 717. The molecule has 2 rings (SSSR count). The van der Waals surface area contributed by atoms with Crippen molar-refractivity contribution in [3.05, 3.63) is 47.5 Å². The van der Waals surface area contributed by atoms with Crippen molar-refractivity contribution in [3.63, 3.8) is 0 Å². The fourth-order valence-electron chi connectivity index (χ4n) is 2.59. The Balaban J connectivity index is 0.00000364. The molecule has 0 saturated carbocycles. The van der Waals surface area contributed by atoms with Crippen LogP contribution < -0.4 is 15.4 Å². The van der Waals surface area contributed by atoms with Gasteiger partial charge in [-0.1, -0.05) is 0 Å². The minimum absolute atomic E-state index is 0. The summed E-state index contributed by atoms with van der Waals surface area (Å²) in [6.07, 6.45) is 0.873. The highest BCUT2D eigenvalue weighted by molar-refractivity contribution is 14.0. The summed E-state index contributed by atoms with van der Waals surface area (Å²) >= 11 is 0. The van der Waals surface area contributed by atoms with E-state index >= 15 is 0 Å². The van der Waals surface area contributed by atoms with E-state index in [1.807, 2.05) is 18.5 Å². The summed E-state index contributed by atoms with van der Waals surface area (Å²) in [6, 6.07) is 8.10. The predicted octanol–water partition coefficient (Wildman–Crippen LogP) is 3.28. The lowest BCUT2D eigenvalue weighted by Gasteiger charge is -2.17. The summed E-state index contributed by atoms with van der Waals surface area (Å²) in [6.45, 7) is 8.28. The van der Waals surface area contributed by atoms with Crippen molar-refractivity contribution in [2.24, 2.45) is 4.99 Å². The number of aliphatic imine (C=N–C) groups is 1. The van der Waals surface area contributed by atoms with E-state index in [1.54, 1.807) is 19.2 Å². The molecule has 6 nitrogen and oxygen atoms in total. The Morgan fingerprint density at radius 2 is 1.96 bits per heavy atom. The number of aromatic nitrogens is 2. The number of ether oxygens (including phenoxy) is 1. The van der Waals surface area contributed by atoms with Crippen molar-refractivity contribution in [2.45, 2.75) is 39.8 Å². The van der Waals surface area contributed by atoms with Crippen LogP contribution in [0, 0.1) is 19.7 Å². The van der Waals surface area contributed by atoms with Crippen LogP contribution in [-0.4, -0.2) is 42.0 Å². The summed E-state index contributed by atoms with van der Waals surface area (Å²) in [5.74, 6) is 1.11. The first-order valence-corrected chi connectivity index (χ1v) is 8.85. The van der Waals surface area contributed by atoms with Crippen LogP contribution in [-0.2, 0) is 6.54 Å². The van der Waals surface area contributed by atoms with Crippen molar-refractivity contribution in [2.75, 3.05) is 20.1 Å². The van der Waals surface area contributed by atoms with Gasteiger partial charge in [-0.3, -0.25) is 9.67 Å². The average Bonchev–Trinajstić information content (AvgIpc) is 2.93. The zero-order valence-corrected chi connectivity index (χ0v) is 18.7. The van der Waals surface area contributed by atoms with Crippen LogP contribution in [0.4, 0.5) is 4.39 Å². The molecule has 1 heterocycles. The Labute approximate surface area is 177 Å². The molecule has 2 N–H and O–H groups in total. The monoisotopic (exact) mass is 489 g/mol. The van der Waals surface area contributed by atoms with Gasteiger partial charge in [0.15, 0.2) is 5.96 Å². The van der Waals surface area contributed by atoms with Crippen molar-refractivity contribution in [1.82, 2.24) is 20.4 Å². The zero-order chi connectivity index (χ0) is 18.9. The van der Waals surface area contributed by atoms with Crippen LogP contribution in [0.3, 0.4) is 0 Å². The molecule has 0 saturated heterocycles. The summed E-state index contributed by atoms with van der Waals surface area (Å²) in [5, 5.41) is 11.0. The van der Waals surface area contributed by atoms with Crippen molar-refractivity contribution >= 4 is 29.9 Å². The first-order valence-electron chi connectivity index (χ1n) is 8.85. The highest BCUT2D eigenvalue weighted by Crippen LogP contribution is 2.12. The highest BCUT2D eigenvalue weighted by atomic mass is 127. The molecule has 2 aromatic rings. The minimum atomic E-state index is -0.270. The van der Waals surface area contributed by atoms with Crippen LogP contribution in [0.25, 0.3) is 0 Å². The lowest BCUT2D eigenvalue weighted by atomic mass is 10.3. The van der Waals surface area contributed by atoms with Gasteiger partial charge in [-0.25, -0.2) is 4.39 Å². The van der Waals surface area contributed by atoms with Crippen LogP contribution in [0.15, 0.2) is 35.3 Å². The molecule has 27 heavy (non-hydrogen) atoms. The fourth-order valence-corrected chi connectivity index (χ4v) is 2.59. The largest absolute Gasteiger partial charge is 0.489 e. The maximum Gasteiger partial charge on any atom is 0.191 e. The Morgan fingerprint density at radius 3 is 2.56 bits per heavy atom. The smallest absolute Gasteiger partial charge is 0.191 e. The van der Waals surface area contributed by atoms with Gasteiger partial charge in [-0.2, -0.15) is 5.10 Å². The molecule has 0 aliphatic rings. The van der Waals surface area contributed by atoms with Crippen LogP contribution in [0.2, 0.25) is 0 Å². The van der Waals surface area contributed by atoms with Crippen LogP contribution in [0.1, 0.15) is 24.7 Å². The fraction of sp³-hybridized carbons (Fsp3) is 0.474. The number of nitrogens with one attached hydrogen (secondary N) is 2. The van der Waals surface area contributed by atoms with Gasteiger partial charge in [-0.15, -0.1) is 24.0 Å². The standard InChI is InChI=1S/C19H28FN5O.HI/c1-14-12-15(2)25(24-14)11-5-10-22-19(21-4)23-13-16(3)26-18-8-6-17(20)7-9-18;/h6-9,12,16H,5,10-11,13H2,1-4H3,(H2,21,22,23);1H. The van der Waals surface area contributed by atoms with E-state index in [0.717, 1.165) is 31.2 Å². The van der Waals surface area contributed by atoms with Crippen molar-refractivity contribution < 1.29 is 9.13 Å². The van der Waals surface area contributed by atoms with Crippen molar-refractivity contribution in [1.29, 1.82) is 0 Å². The SMILES string of the molecule is CN=C(NCCCn1nc(C)cc1C)NCC(C)Oc1ccc(F)cc1.I. The number of guanidine groups is 1. The first kappa shape index (κ1) is 23.2. The molecule has 0 spiro atoms. The molecule has 1 aromatic carbocycles. The molecule has 1 aromatic heterocycles. The summed E-state index contributed by atoms with van der Waals surface area (Å²) < 4.78 is 20.7. The summed E-state index contributed by atoms with van der Waals surface area (Å²) in [7, 11) is 1.74. The average molecular weight is 489 g/mol. The van der Waals surface area contributed by atoms with E-state index in [1.165, 1.54) is 17.8 Å². The molecule has 0 aliphatic heterocycles. The van der Waals surface area contributed by atoms with Gasteiger partial charge < -0.3 is 15.4 Å². The third-order valence-electron chi connectivity index (χ3n) is 3.87. The highest BCUT2D eigenvalue weighted by Gasteiger charge is 2.06. The lowest BCUT2D eigenvalue weighted by molar-refractivity contribution is 0.223. The second-order valence-electron chi connectivity index (χ2n) is 6.27. The third-order valence-corrected chi connectivity index (χ3v) is 3.87. The van der Waals surface area contributed by atoms with E-state index in [4.69, 9.17) is 4.74 Å². The number of aryl methyl sites for hydroxylation is 3. The number of nitrogens with zero attached hydrogens (tertiary/aromatic N) is 3. The molecular formula is C19H29FIN5O. The molecule has 0 radical (unpaired) electrons. The van der Waals surface area contributed by atoms with E-state index in [9.17, 15) is 4.39 Å². The van der Waals surface area contributed by atoms with Gasteiger partial charge in [0.1, 0.15) is 17.7 Å². The number of rotatable bonds is 8. The third kappa shape index (κ3) is 8.15. The first-order chi connectivity index (χ1) is 12.5. The molecule has 0 fully saturated rings. The predicted molar refractivity (Wildman–Crippen MR) is 118 cm³/mol. The van der Waals surface area contributed by atoms with E-state index < -0.39 is 0 Å². The number of hydrogen-bond acceptors (Lipinski definition) is 3. The molecule has 0 amide bonds. The zero-order valence-electron chi connectivity index (χ0n) is 16.3.